The first-order valence-corrected chi connectivity index (χ1v) is 5.69. The van der Waals surface area contributed by atoms with Gasteiger partial charge in [0.05, 0.1) is 4.90 Å². The Kier molecular flexibility index (Phi) is 2.69. The van der Waals surface area contributed by atoms with Crippen molar-refractivity contribution in [2.75, 3.05) is 0 Å². The quantitative estimate of drug-likeness (QED) is 0.716. The second-order valence-corrected chi connectivity index (χ2v) is 4.87. The molecule has 0 bridgehead atoms. The fourth-order valence-electron chi connectivity index (χ4n) is 1.43. The van der Waals surface area contributed by atoms with Gasteiger partial charge in [-0.15, -0.1) is 0 Å². The Balaban J connectivity index is 3.66. The lowest BCUT2D eigenvalue weighted by atomic mass is 10.00. The van der Waals surface area contributed by atoms with E-state index in [4.69, 9.17) is 0 Å². The van der Waals surface area contributed by atoms with E-state index in [0.717, 1.165) is 16.7 Å². The monoisotopic (exact) mass is 213 g/mol. The van der Waals surface area contributed by atoms with Gasteiger partial charge in [0.1, 0.15) is 0 Å². The van der Waals surface area contributed by atoms with E-state index in [0.29, 0.717) is 5.56 Å². The smallest absolute Gasteiger partial charge is 0.192 e. The fourth-order valence-corrected chi connectivity index (χ4v) is 2.28. The van der Waals surface area contributed by atoms with Gasteiger partial charge in [-0.05, 0) is 56.0 Å². The van der Waals surface area contributed by atoms with Crippen molar-refractivity contribution in [1.29, 1.82) is 0 Å². The van der Waals surface area contributed by atoms with Gasteiger partial charge in [0.15, 0.2) is 0 Å². The Morgan fingerprint density at radius 1 is 0.929 bits per heavy atom. The number of benzene rings is 1. The molecule has 0 atom stereocenters. The van der Waals surface area contributed by atoms with Crippen molar-refractivity contribution in [1.82, 2.24) is 0 Å². The molecule has 0 saturated heterocycles. The van der Waals surface area contributed by atoms with E-state index in [9.17, 15) is 13.0 Å². The largest absolute Gasteiger partial charge is 0.324 e. The molecule has 0 unspecified atom stereocenters. The molecule has 0 aliphatic heterocycles. The van der Waals surface area contributed by atoms with Crippen LogP contribution in [0.4, 0.5) is 0 Å². The lowest BCUT2D eigenvalue weighted by Crippen LogP contribution is -2.03. The normalized spacial score (nSPS) is 11.8. The maximum absolute atomic E-state index is 10.9. The van der Waals surface area contributed by atoms with Gasteiger partial charge in [-0.25, -0.2) is 0 Å². The second-order valence-electron chi connectivity index (χ2n) is 3.52. The molecule has 0 spiro atoms. The highest BCUT2D eigenvalue weighted by Crippen LogP contribution is 2.24. The molecule has 0 aliphatic carbocycles. The molecule has 0 aliphatic rings. The third-order valence-electron chi connectivity index (χ3n) is 2.70. The average molecular weight is 213 g/mol. The summed E-state index contributed by atoms with van der Waals surface area (Å²) in [6.45, 7) is 7.20. The van der Waals surface area contributed by atoms with Crippen LogP contribution >= 0.6 is 0 Å². The lowest BCUT2D eigenvalue weighted by molar-refractivity contribution is 0.413. The van der Waals surface area contributed by atoms with Crippen LogP contribution in [0.3, 0.4) is 0 Å². The zero-order valence-electron chi connectivity index (χ0n) is 8.71. The topological polar surface area (TPSA) is 54.0 Å². The summed E-state index contributed by atoms with van der Waals surface area (Å²) >= 11 is 0. The third-order valence-corrected chi connectivity index (χ3v) is 3.67. The van der Waals surface area contributed by atoms with Crippen LogP contribution in [0.15, 0.2) is 11.0 Å². The van der Waals surface area contributed by atoms with Crippen LogP contribution in [0.25, 0.3) is 0 Å². The number of aryl methyl sites for hydroxylation is 1. The molecule has 1 aromatic carbocycles. The molecule has 4 heteroatoms. The summed E-state index contributed by atoms with van der Waals surface area (Å²) in [6.07, 6.45) is 0. The fraction of sp³-hybridized carbons (Fsp3) is 0.400. The van der Waals surface area contributed by atoms with E-state index >= 15 is 0 Å². The van der Waals surface area contributed by atoms with E-state index in [1.54, 1.807) is 13.8 Å². The molecule has 0 N–H and O–H groups in total. The molecule has 0 amide bonds. The molecule has 0 fully saturated rings. The van der Waals surface area contributed by atoms with Crippen molar-refractivity contribution in [3.05, 3.63) is 28.3 Å². The number of hydrogen-bond acceptors (Lipinski definition) is 2. The van der Waals surface area contributed by atoms with E-state index in [1.165, 1.54) is 6.07 Å². The van der Waals surface area contributed by atoms with Crippen LogP contribution in [-0.2, 0) is 14.7 Å². The SMILES string of the molecule is Cc1cc(S([O])(=O)=O)c(C)c(C)c1C. The van der Waals surface area contributed by atoms with Crippen molar-refractivity contribution >= 4 is 10.1 Å². The molecule has 1 radical (unpaired) electrons. The van der Waals surface area contributed by atoms with Gasteiger partial charge in [-0.1, -0.05) is 4.55 Å². The summed E-state index contributed by atoms with van der Waals surface area (Å²) in [7, 11) is -4.35. The first kappa shape index (κ1) is 11.2. The lowest BCUT2D eigenvalue weighted by Gasteiger charge is -2.11. The van der Waals surface area contributed by atoms with Gasteiger partial charge in [-0.3, -0.25) is 0 Å². The third kappa shape index (κ3) is 1.81. The Hall–Kier alpha value is -0.870. The van der Waals surface area contributed by atoms with Crippen molar-refractivity contribution in [2.24, 2.45) is 0 Å². The second kappa shape index (κ2) is 3.37. The summed E-state index contributed by atoms with van der Waals surface area (Å²) < 4.78 is 32.7. The van der Waals surface area contributed by atoms with E-state index in [-0.39, 0.29) is 4.90 Å². The first-order chi connectivity index (χ1) is 6.25. The Morgan fingerprint density at radius 2 is 1.43 bits per heavy atom. The van der Waals surface area contributed by atoms with E-state index < -0.39 is 10.1 Å². The standard InChI is InChI=1S/C10H13O3S/c1-6-5-10(14(11,12)13)9(4)8(3)7(6)2/h5H,1-4H3. The molecule has 1 rings (SSSR count). The molecule has 14 heavy (non-hydrogen) atoms. The van der Waals surface area contributed by atoms with E-state index in [1.807, 2.05) is 13.8 Å². The van der Waals surface area contributed by atoms with Gasteiger partial charge < -0.3 is 0 Å². The van der Waals surface area contributed by atoms with Gasteiger partial charge in [-0.2, -0.15) is 8.42 Å². The number of hydrogen-bond donors (Lipinski definition) is 0. The minimum Gasteiger partial charge on any atom is -0.192 e. The van der Waals surface area contributed by atoms with Crippen LogP contribution in [0, 0.1) is 27.7 Å². The van der Waals surface area contributed by atoms with Crippen LogP contribution in [-0.4, -0.2) is 8.42 Å². The Labute approximate surface area is 84.5 Å². The molecule has 77 valence electrons. The summed E-state index contributed by atoms with van der Waals surface area (Å²) in [5.74, 6) is 0. The first-order valence-electron chi connectivity index (χ1n) is 4.28. The highest BCUT2D eigenvalue weighted by Gasteiger charge is 2.18. The highest BCUT2D eigenvalue weighted by molar-refractivity contribution is 7.85. The van der Waals surface area contributed by atoms with Crippen molar-refractivity contribution in [3.63, 3.8) is 0 Å². The molecular formula is C10H13O3S. The molecule has 1 aromatic rings. The Bertz CT molecular complexity index is 473. The number of rotatable bonds is 1. The molecule has 0 saturated carbocycles. The maximum atomic E-state index is 10.9. The minimum absolute atomic E-state index is 0.0990. The van der Waals surface area contributed by atoms with Crippen molar-refractivity contribution in [3.8, 4) is 0 Å². The van der Waals surface area contributed by atoms with Gasteiger partial charge in [0, 0.05) is 0 Å². The Morgan fingerprint density at radius 3 is 1.86 bits per heavy atom. The zero-order valence-corrected chi connectivity index (χ0v) is 9.53. The zero-order chi connectivity index (χ0) is 11.1. The van der Waals surface area contributed by atoms with Crippen LogP contribution < -0.4 is 0 Å². The summed E-state index contributed by atoms with van der Waals surface area (Å²) in [4.78, 5) is -0.0990. The van der Waals surface area contributed by atoms with Crippen LogP contribution in [0.2, 0.25) is 0 Å². The van der Waals surface area contributed by atoms with E-state index in [2.05, 4.69) is 0 Å². The molecule has 0 heterocycles. The van der Waals surface area contributed by atoms with Gasteiger partial charge in [0.25, 0.3) is 0 Å². The van der Waals surface area contributed by atoms with Crippen molar-refractivity contribution in [2.45, 2.75) is 32.6 Å². The average Bonchev–Trinajstić information content (AvgIpc) is 2.06. The highest BCUT2D eigenvalue weighted by atomic mass is 32.2. The molecular weight excluding hydrogens is 200 g/mol. The van der Waals surface area contributed by atoms with Crippen molar-refractivity contribution < 1.29 is 13.0 Å². The predicted octanol–water partition coefficient (Wildman–Crippen LogP) is 2.04. The molecule has 3 nitrogen and oxygen atoms in total. The van der Waals surface area contributed by atoms with Gasteiger partial charge >= 0.3 is 10.1 Å². The minimum atomic E-state index is -4.35. The summed E-state index contributed by atoms with van der Waals surface area (Å²) in [6, 6.07) is 1.44. The predicted molar refractivity (Wildman–Crippen MR) is 53.3 cm³/mol. The maximum Gasteiger partial charge on any atom is 0.324 e. The van der Waals surface area contributed by atoms with Crippen LogP contribution in [0.1, 0.15) is 22.3 Å². The summed E-state index contributed by atoms with van der Waals surface area (Å²) in [5, 5.41) is 0. The summed E-state index contributed by atoms with van der Waals surface area (Å²) in [5.41, 5.74) is 3.31. The van der Waals surface area contributed by atoms with Crippen LogP contribution in [0.5, 0.6) is 0 Å². The van der Waals surface area contributed by atoms with Gasteiger partial charge in [0.2, 0.25) is 0 Å². The molecule has 0 aromatic heterocycles.